The predicted octanol–water partition coefficient (Wildman–Crippen LogP) is 1.15. The molecule has 2 aromatic heterocycles. The lowest BCUT2D eigenvalue weighted by Crippen LogP contribution is -1.97. The number of aromatic nitrogens is 4. The van der Waals surface area contributed by atoms with Crippen LogP contribution in [0.4, 0.5) is 0 Å². The van der Waals surface area contributed by atoms with Gasteiger partial charge in [-0.05, 0) is 0 Å². The number of aliphatic hydroxyl groups excluding tert-OH is 1. The molecule has 0 fully saturated rings. The number of rotatable bonds is 5. The van der Waals surface area contributed by atoms with E-state index in [-0.39, 0.29) is 6.61 Å². The number of aliphatic hydroxyl groups is 1. The molecule has 0 radical (unpaired) electrons. The fraction of sp³-hybridized carbons (Fsp3) is 0.500. The fourth-order valence-electron chi connectivity index (χ4n) is 1.32. The highest BCUT2D eigenvalue weighted by molar-refractivity contribution is 7.98. The van der Waals surface area contributed by atoms with Crippen molar-refractivity contribution in [1.29, 1.82) is 0 Å². The normalized spacial score (nSPS) is 11.0. The molecule has 0 amide bonds. The minimum atomic E-state index is -0.00933. The summed E-state index contributed by atoms with van der Waals surface area (Å²) in [6, 6.07) is 0. The smallest absolute Gasteiger partial charge is 0.226 e. The molecule has 0 aliphatic carbocycles. The summed E-state index contributed by atoms with van der Waals surface area (Å²) in [5, 5.41) is 17.7. The lowest BCUT2D eigenvalue weighted by molar-refractivity contribution is 0.271. The Balaban J connectivity index is 1.99. The Morgan fingerprint density at radius 3 is 2.76 bits per heavy atom. The minimum absolute atomic E-state index is 0.00933. The van der Waals surface area contributed by atoms with E-state index in [0.29, 0.717) is 17.5 Å². The lowest BCUT2D eigenvalue weighted by atomic mass is 10.5. The van der Waals surface area contributed by atoms with Crippen LogP contribution in [0.3, 0.4) is 0 Å². The van der Waals surface area contributed by atoms with Gasteiger partial charge in [-0.1, -0.05) is 18.7 Å². The second-order valence-corrected chi connectivity index (χ2v) is 4.42. The van der Waals surface area contributed by atoms with Gasteiger partial charge in [0.25, 0.3) is 0 Å². The van der Waals surface area contributed by atoms with Crippen LogP contribution < -0.4 is 0 Å². The third-order valence-corrected chi connectivity index (χ3v) is 3.37. The minimum Gasteiger partial charge on any atom is -0.424 e. The maximum absolute atomic E-state index is 9.04. The molecule has 0 atom stereocenters. The molecule has 0 aliphatic rings. The third kappa shape index (κ3) is 2.67. The van der Waals surface area contributed by atoms with E-state index in [2.05, 4.69) is 15.2 Å². The largest absolute Gasteiger partial charge is 0.424 e. The van der Waals surface area contributed by atoms with Crippen molar-refractivity contribution in [3.05, 3.63) is 23.7 Å². The molecule has 0 aromatic carbocycles. The lowest BCUT2D eigenvalue weighted by Gasteiger charge is -2.01. The van der Waals surface area contributed by atoms with Crippen molar-refractivity contribution in [1.82, 2.24) is 19.7 Å². The molecular formula is C10H14N4O2S. The highest BCUT2D eigenvalue weighted by Crippen LogP contribution is 2.21. The average Bonchev–Trinajstić information content (AvgIpc) is 2.93. The SMILES string of the molecule is CCc1nnc(CSc2ncc(CO)n2C)o1. The molecule has 0 spiro atoms. The zero-order valence-corrected chi connectivity index (χ0v) is 10.6. The Kier molecular flexibility index (Phi) is 3.80. The number of hydrogen-bond acceptors (Lipinski definition) is 6. The van der Waals surface area contributed by atoms with Gasteiger partial charge in [0.1, 0.15) is 0 Å². The number of imidazole rings is 1. The second-order valence-electron chi connectivity index (χ2n) is 3.48. The summed E-state index contributed by atoms with van der Waals surface area (Å²) in [5.41, 5.74) is 0.785. The Morgan fingerprint density at radius 1 is 1.41 bits per heavy atom. The Labute approximate surface area is 103 Å². The van der Waals surface area contributed by atoms with Crippen molar-refractivity contribution in [3.8, 4) is 0 Å². The van der Waals surface area contributed by atoms with E-state index >= 15 is 0 Å². The Hall–Kier alpha value is -1.34. The zero-order valence-electron chi connectivity index (χ0n) is 9.75. The molecular weight excluding hydrogens is 240 g/mol. The van der Waals surface area contributed by atoms with Crippen LogP contribution in [0.2, 0.25) is 0 Å². The van der Waals surface area contributed by atoms with Gasteiger partial charge in [0.15, 0.2) is 5.16 Å². The van der Waals surface area contributed by atoms with E-state index in [1.54, 1.807) is 6.20 Å². The average molecular weight is 254 g/mol. The van der Waals surface area contributed by atoms with Gasteiger partial charge < -0.3 is 14.1 Å². The Morgan fingerprint density at radius 2 is 2.18 bits per heavy atom. The van der Waals surface area contributed by atoms with Crippen LogP contribution >= 0.6 is 11.8 Å². The van der Waals surface area contributed by atoms with Crippen LogP contribution in [-0.4, -0.2) is 24.9 Å². The summed E-state index contributed by atoms with van der Waals surface area (Å²) in [6.45, 7) is 1.96. The predicted molar refractivity (Wildman–Crippen MR) is 62.4 cm³/mol. The van der Waals surface area contributed by atoms with Gasteiger partial charge in [-0.25, -0.2) is 4.98 Å². The van der Waals surface area contributed by atoms with E-state index in [4.69, 9.17) is 9.52 Å². The summed E-state index contributed by atoms with van der Waals surface area (Å²) in [7, 11) is 1.87. The van der Waals surface area contributed by atoms with Crippen molar-refractivity contribution in [2.45, 2.75) is 30.9 Å². The topological polar surface area (TPSA) is 77.0 Å². The first-order valence-corrected chi connectivity index (χ1v) is 6.28. The van der Waals surface area contributed by atoms with Gasteiger partial charge >= 0.3 is 0 Å². The van der Waals surface area contributed by atoms with Crippen LogP contribution in [0.25, 0.3) is 0 Å². The first-order valence-electron chi connectivity index (χ1n) is 5.30. The molecule has 0 saturated carbocycles. The molecule has 6 nitrogen and oxygen atoms in total. The summed E-state index contributed by atoms with van der Waals surface area (Å²) < 4.78 is 7.25. The summed E-state index contributed by atoms with van der Waals surface area (Å²) in [4.78, 5) is 4.20. The monoisotopic (exact) mass is 254 g/mol. The van der Waals surface area contributed by atoms with Gasteiger partial charge in [0.2, 0.25) is 11.8 Å². The van der Waals surface area contributed by atoms with E-state index in [0.717, 1.165) is 17.3 Å². The highest BCUT2D eigenvalue weighted by Gasteiger charge is 2.09. The molecule has 1 N–H and O–H groups in total. The van der Waals surface area contributed by atoms with Crippen molar-refractivity contribution in [2.24, 2.45) is 7.05 Å². The molecule has 0 aliphatic heterocycles. The third-order valence-electron chi connectivity index (χ3n) is 2.34. The fourth-order valence-corrected chi connectivity index (χ4v) is 2.13. The van der Waals surface area contributed by atoms with Crippen molar-refractivity contribution in [2.75, 3.05) is 0 Å². The first-order chi connectivity index (χ1) is 8.24. The number of thioether (sulfide) groups is 1. The van der Waals surface area contributed by atoms with Crippen molar-refractivity contribution < 1.29 is 9.52 Å². The standard InChI is InChI=1S/C10H14N4O2S/c1-3-8-12-13-9(16-8)6-17-10-11-4-7(5-15)14(10)2/h4,15H,3,5-6H2,1-2H3. The highest BCUT2D eigenvalue weighted by atomic mass is 32.2. The van der Waals surface area contributed by atoms with E-state index in [1.165, 1.54) is 11.8 Å². The van der Waals surface area contributed by atoms with Crippen LogP contribution in [-0.2, 0) is 25.8 Å². The second kappa shape index (κ2) is 5.33. The van der Waals surface area contributed by atoms with E-state index in [9.17, 15) is 0 Å². The van der Waals surface area contributed by atoms with Crippen LogP contribution in [0.1, 0.15) is 24.4 Å². The van der Waals surface area contributed by atoms with Gasteiger partial charge in [0.05, 0.1) is 24.3 Å². The van der Waals surface area contributed by atoms with Gasteiger partial charge in [-0.15, -0.1) is 10.2 Å². The molecule has 7 heteroatoms. The van der Waals surface area contributed by atoms with Crippen molar-refractivity contribution >= 4 is 11.8 Å². The summed E-state index contributed by atoms with van der Waals surface area (Å²) in [6.07, 6.45) is 2.41. The summed E-state index contributed by atoms with van der Waals surface area (Å²) >= 11 is 1.50. The molecule has 0 bridgehead atoms. The molecule has 2 aromatic rings. The molecule has 92 valence electrons. The van der Waals surface area contributed by atoms with Gasteiger partial charge in [-0.3, -0.25) is 0 Å². The number of aryl methyl sites for hydroxylation is 1. The number of nitrogens with zero attached hydrogens (tertiary/aromatic N) is 4. The molecule has 2 rings (SSSR count). The molecule has 2 heterocycles. The van der Waals surface area contributed by atoms with Crippen LogP contribution in [0, 0.1) is 0 Å². The molecule has 0 unspecified atom stereocenters. The first kappa shape index (κ1) is 12.1. The number of hydrogen-bond donors (Lipinski definition) is 1. The van der Waals surface area contributed by atoms with E-state index < -0.39 is 0 Å². The van der Waals surface area contributed by atoms with Crippen molar-refractivity contribution in [3.63, 3.8) is 0 Å². The van der Waals surface area contributed by atoms with E-state index in [1.807, 2.05) is 18.5 Å². The van der Waals surface area contributed by atoms with Crippen LogP contribution in [0.5, 0.6) is 0 Å². The van der Waals surface area contributed by atoms with Crippen LogP contribution in [0.15, 0.2) is 15.8 Å². The molecule has 17 heavy (non-hydrogen) atoms. The maximum atomic E-state index is 9.04. The maximum Gasteiger partial charge on any atom is 0.226 e. The molecule has 0 saturated heterocycles. The summed E-state index contributed by atoms with van der Waals surface area (Å²) in [5.74, 6) is 1.83. The van der Waals surface area contributed by atoms with Gasteiger partial charge in [0, 0.05) is 13.5 Å². The quantitative estimate of drug-likeness (QED) is 0.806. The Bertz CT molecular complexity index is 494. The van der Waals surface area contributed by atoms with Gasteiger partial charge in [-0.2, -0.15) is 0 Å². The zero-order chi connectivity index (χ0) is 12.3.